The quantitative estimate of drug-likeness (QED) is 0.795. The van der Waals surface area contributed by atoms with Crippen LogP contribution in [0.4, 0.5) is 19.0 Å². The fourth-order valence-electron chi connectivity index (χ4n) is 1.24. The van der Waals surface area contributed by atoms with E-state index in [1.807, 2.05) is 0 Å². The van der Waals surface area contributed by atoms with Gasteiger partial charge in [-0.25, -0.2) is 9.78 Å². The lowest BCUT2D eigenvalue weighted by molar-refractivity contribution is -0.143. The number of aliphatic hydroxyl groups excluding tert-OH is 1. The van der Waals surface area contributed by atoms with Gasteiger partial charge in [0.2, 0.25) is 0 Å². The first-order chi connectivity index (χ1) is 8.40. The minimum atomic E-state index is -4.60. The van der Waals surface area contributed by atoms with Gasteiger partial charge in [0, 0.05) is 6.20 Å². The number of halogens is 3. The molecule has 5 nitrogen and oxygen atoms in total. The number of aliphatic hydroxyl groups is 1. The summed E-state index contributed by atoms with van der Waals surface area (Å²) in [6.45, 7) is -0.708. The second kappa shape index (κ2) is 5.67. The van der Waals surface area contributed by atoms with Crippen LogP contribution in [-0.2, 0) is 15.7 Å². The molecule has 0 aliphatic carbocycles. The molecule has 0 spiro atoms. The number of rotatable bonds is 4. The summed E-state index contributed by atoms with van der Waals surface area (Å²) in [6.07, 6.45) is -3.46. The maximum Gasteiger partial charge on any atom is 0.419 e. The maximum absolute atomic E-state index is 12.6. The summed E-state index contributed by atoms with van der Waals surface area (Å²) in [6, 6.07) is 0.646. The normalized spacial score (nSPS) is 12.9. The third kappa shape index (κ3) is 3.33. The molecular weight excluding hydrogens is 253 g/mol. The summed E-state index contributed by atoms with van der Waals surface area (Å²) in [7, 11) is 1.07. The number of esters is 1. The molecule has 0 aliphatic heterocycles. The maximum atomic E-state index is 12.6. The third-order valence-corrected chi connectivity index (χ3v) is 2.09. The SMILES string of the molecule is COC(=O)C(CO)Nc1ncccc1C(F)(F)F. The zero-order chi connectivity index (χ0) is 13.8. The van der Waals surface area contributed by atoms with E-state index < -0.39 is 36.2 Å². The van der Waals surface area contributed by atoms with E-state index >= 15 is 0 Å². The summed E-state index contributed by atoms with van der Waals surface area (Å²) in [4.78, 5) is 14.7. The Labute approximate surface area is 101 Å². The number of pyridine rings is 1. The molecule has 0 fully saturated rings. The van der Waals surface area contributed by atoms with E-state index in [9.17, 15) is 18.0 Å². The molecule has 0 aliphatic rings. The molecule has 1 aromatic rings. The first-order valence-corrected chi connectivity index (χ1v) is 4.87. The van der Waals surface area contributed by atoms with Crippen molar-refractivity contribution in [2.45, 2.75) is 12.2 Å². The van der Waals surface area contributed by atoms with E-state index in [-0.39, 0.29) is 0 Å². The van der Waals surface area contributed by atoms with Crippen LogP contribution in [0.3, 0.4) is 0 Å². The first kappa shape index (κ1) is 14.2. The third-order valence-electron chi connectivity index (χ3n) is 2.09. The van der Waals surface area contributed by atoms with Gasteiger partial charge >= 0.3 is 12.1 Å². The molecule has 1 aromatic heterocycles. The first-order valence-electron chi connectivity index (χ1n) is 4.87. The summed E-state index contributed by atoms with van der Waals surface area (Å²) >= 11 is 0. The molecule has 0 saturated heterocycles. The number of methoxy groups -OCH3 is 1. The highest BCUT2D eigenvalue weighted by Gasteiger charge is 2.35. The molecule has 0 amide bonds. The Morgan fingerprint density at radius 2 is 2.28 bits per heavy atom. The largest absolute Gasteiger partial charge is 0.467 e. The molecular formula is C10H11F3N2O3. The number of hydrogen-bond donors (Lipinski definition) is 2. The van der Waals surface area contributed by atoms with Gasteiger partial charge < -0.3 is 15.2 Å². The molecule has 0 saturated carbocycles. The Morgan fingerprint density at radius 3 is 2.78 bits per heavy atom. The smallest absolute Gasteiger partial charge is 0.419 e. The van der Waals surface area contributed by atoms with Crippen molar-refractivity contribution in [2.75, 3.05) is 19.0 Å². The number of anilines is 1. The van der Waals surface area contributed by atoms with Crippen LogP contribution >= 0.6 is 0 Å². The number of aromatic nitrogens is 1. The van der Waals surface area contributed by atoms with Crippen LogP contribution in [0.5, 0.6) is 0 Å². The molecule has 0 radical (unpaired) electrons. The fraction of sp³-hybridized carbons (Fsp3) is 0.400. The molecule has 1 rings (SSSR count). The van der Waals surface area contributed by atoms with E-state index in [1.165, 1.54) is 0 Å². The van der Waals surface area contributed by atoms with Crippen LogP contribution < -0.4 is 5.32 Å². The Bertz CT molecular complexity index is 423. The van der Waals surface area contributed by atoms with Crippen molar-refractivity contribution < 1.29 is 27.8 Å². The van der Waals surface area contributed by atoms with Crippen LogP contribution in [0, 0.1) is 0 Å². The van der Waals surface area contributed by atoms with E-state index in [1.54, 1.807) is 0 Å². The number of hydrogen-bond acceptors (Lipinski definition) is 5. The zero-order valence-electron chi connectivity index (χ0n) is 9.36. The molecule has 1 unspecified atom stereocenters. The molecule has 18 heavy (non-hydrogen) atoms. The lowest BCUT2D eigenvalue weighted by Crippen LogP contribution is -2.35. The lowest BCUT2D eigenvalue weighted by atomic mass is 10.2. The summed E-state index contributed by atoms with van der Waals surface area (Å²) in [5.74, 6) is -1.41. The number of nitrogens with zero attached hydrogens (tertiary/aromatic N) is 1. The van der Waals surface area contributed by atoms with Crippen molar-refractivity contribution in [1.29, 1.82) is 0 Å². The van der Waals surface area contributed by atoms with Crippen molar-refractivity contribution in [1.82, 2.24) is 4.98 Å². The van der Waals surface area contributed by atoms with E-state index in [0.717, 1.165) is 25.4 Å². The second-order valence-corrected chi connectivity index (χ2v) is 3.30. The van der Waals surface area contributed by atoms with E-state index in [4.69, 9.17) is 5.11 Å². The van der Waals surface area contributed by atoms with Gasteiger partial charge in [-0.05, 0) is 12.1 Å². The highest BCUT2D eigenvalue weighted by atomic mass is 19.4. The van der Waals surface area contributed by atoms with Crippen molar-refractivity contribution >= 4 is 11.8 Å². The lowest BCUT2D eigenvalue weighted by Gasteiger charge is -2.17. The number of ether oxygens (including phenoxy) is 1. The summed E-state index contributed by atoms with van der Waals surface area (Å²) < 4.78 is 42.2. The van der Waals surface area contributed by atoms with Gasteiger partial charge in [-0.15, -0.1) is 0 Å². The van der Waals surface area contributed by atoms with E-state index in [0.29, 0.717) is 0 Å². The zero-order valence-corrected chi connectivity index (χ0v) is 9.36. The average molecular weight is 264 g/mol. The van der Waals surface area contributed by atoms with E-state index in [2.05, 4.69) is 15.0 Å². The number of alkyl halides is 3. The molecule has 0 aromatic carbocycles. The Kier molecular flexibility index (Phi) is 4.49. The van der Waals surface area contributed by atoms with Crippen LogP contribution in [0.15, 0.2) is 18.3 Å². The fourth-order valence-corrected chi connectivity index (χ4v) is 1.24. The predicted molar refractivity (Wildman–Crippen MR) is 55.8 cm³/mol. The van der Waals surface area contributed by atoms with Gasteiger partial charge in [-0.3, -0.25) is 0 Å². The monoisotopic (exact) mass is 264 g/mol. The summed E-state index contributed by atoms with van der Waals surface area (Å²) in [5.41, 5.74) is -1.02. The summed E-state index contributed by atoms with van der Waals surface area (Å²) in [5, 5.41) is 11.1. The van der Waals surface area contributed by atoms with Crippen molar-refractivity contribution in [2.24, 2.45) is 0 Å². The van der Waals surface area contributed by atoms with Crippen LogP contribution in [0.2, 0.25) is 0 Å². The minimum absolute atomic E-state index is 0.533. The van der Waals surface area contributed by atoms with Gasteiger partial charge in [-0.1, -0.05) is 0 Å². The van der Waals surface area contributed by atoms with Crippen molar-refractivity contribution in [3.8, 4) is 0 Å². The van der Waals surface area contributed by atoms with Crippen molar-refractivity contribution in [3.05, 3.63) is 23.9 Å². The van der Waals surface area contributed by atoms with Crippen LogP contribution in [0.25, 0.3) is 0 Å². The number of carbonyl (C=O) groups excluding carboxylic acids is 1. The van der Waals surface area contributed by atoms with Gasteiger partial charge in [0.05, 0.1) is 19.3 Å². The molecule has 1 heterocycles. The predicted octanol–water partition coefficient (Wildman–Crippen LogP) is 1.05. The van der Waals surface area contributed by atoms with Gasteiger partial charge in [0.1, 0.15) is 11.9 Å². The van der Waals surface area contributed by atoms with Crippen molar-refractivity contribution in [3.63, 3.8) is 0 Å². The minimum Gasteiger partial charge on any atom is -0.467 e. The highest BCUT2D eigenvalue weighted by Crippen LogP contribution is 2.33. The van der Waals surface area contributed by atoms with Crippen LogP contribution in [-0.4, -0.2) is 35.8 Å². The van der Waals surface area contributed by atoms with Crippen LogP contribution in [0.1, 0.15) is 5.56 Å². The molecule has 8 heteroatoms. The molecule has 2 N–H and O–H groups in total. The molecule has 1 atom stereocenters. The average Bonchev–Trinajstić information content (AvgIpc) is 2.34. The topological polar surface area (TPSA) is 71.5 Å². The van der Waals surface area contributed by atoms with Gasteiger partial charge in [0.25, 0.3) is 0 Å². The Balaban J connectivity index is 3.00. The second-order valence-electron chi connectivity index (χ2n) is 3.30. The van der Waals surface area contributed by atoms with Gasteiger partial charge in [-0.2, -0.15) is 13.2 Å². The standard InChI is InChI=1S/C10H11F3N2O3/c1-18-9(17)7(5-16)15-8-6(10(11,12)13)3-2-4-14-8/h2-4,7,16H,5H2,1H3,(H,14,15). The highest BCUT2D eigenvalue weighted by molar-refractivity contribution is 5.79. The molecule has 0 bridgehead atoms. The Hall–Kier alpha value is -1.83. The molecule has 100 valence electrons. The van der Waals surface area contributed by atoms with Gasteiger partial charge in [0.15, 0.2) is 0 Å². The number of nitrogens with one attached hydrogen (secondary N) is 1. The Morgan fingerprint density at radius 1 is 1.61 bits per heavy atom. The number of carbonyl (C=O) groups is 1.